The number of nitrogens with zero attached hydrogens (tertiary/aromatic N) is 1. The molecule has 1 amide bonds. The summed E-state index contributed by atoms with van der Waals surface area (Å²) in [6, 6.07) is 10.1. The van der Waals surface area contributed by atoms with Crippen molar-refractivity contribution >= 4 is 11.6 Å². The molecule has 0 fully saturated rings. The number of nitrogens with one attached hydrogen (secondary N) is 1. The van der Waals surface area contributed by atoms with Crippen LogP contribution in [0.4, 0.5) is 5.69 Å². The summed E-state index contributed by atoms with van der Waals surface area (Å²) in [5.41, 5.74) is 0.825. The Bertz CT molecular complexity index is 294. The van der Waals surface area contributed by atoms with Crippen LogP contribution in [0.2, 0.25) is 0 Å². The first-order valence-electron chi connectivity index (χ1n) is 5.24. The Kier molecular flexibility index (Phi) is 4.84. The molecule has 0 atom stereocenters. The van der Waals surface area contributed by atoms with Gasteiger partial charge in [-0.3, -0.25) is 9.69 Å². The van der Waals surface area contributed by atoms with Crippen molar-refractivity contribution in [1.29, 1.82) is 0 Å². The third kappa shape index (κ3) is 4.13. The average Bonchev–Trinajstić information content (AvgIpc) is 2.27. The van der Waals surface area contributed by atoms with E-state index in [4.69, 9.17) is 0 Å². The quantitative estimate of drug-likeness (QED) is 0.794. The second-order valence-electron chi connectivity index (χ2n) is 3.30. The van der Waals surface area contributed by atoms with Crippen molar-refractivity contribution < 1.29 is 4.79 Å². The molecule has 1 aromatic rings. The molecule has 0 saturated carbocycles. The molecule has 0 aromatic heterocycles. The molecule has 0 aliphatic carbocycles. The number of rotatable bonds is 5. The van der Waals surface area contributed by atoms with Gasteiger partial charge in [0.25, 0.3) is 0 Å². The van der Waals surface area contributed by atoms with E-state index in [1.165, 1.54) is 0 Å². The second-order valence-corrected chi connectivity index (χ2v) is 3.30. The fourth-order valence-electron chi connectivity index (χ4n) is 1.32. The molecule has 0 saturated heterocycles. The van der Waals surface area contributed by atoms with Crippen LogP contribution in [0.3, 0.4) is 0 Å². The lowest BCUT2D eigenvalue weighted by atomic mass is 10.3. The van der Waals surface area contributed by atoms with E-state index in [1.54, 1.807) is 12.1 Å². The Morgan fingerprint density at radius 3 is 2.47 bits per heavy atom. The van der Waals surface area contributed by atoms with Crippen molar-refractivity contribution in [3.63, 3.8) is 0 Å². The maximum absolute atomic E-state index is 11.6. The summed E-state index contributed by atoms with van der Waals surface area (Å²) in [5, 5.41) is 2.84. The van der Waals surface area contributed by atoms with Gasteiger partial charge in [-0.15, -0.1) is 0 Å². The number of likely N-dealkylation sites (N-methyl/N-ethyl adjacent to an activating group) is 1. The van der Waals surface area contributed by atoms with Crippen LogP contribution in [-0.2, 0) is 4.79 Å². The van der Waals surface area contributed by atoms with Gasteiger partial charge < -0.3 is 5.32 Å². The lowest BCUT2D eigenvalue weighted by Crippen LogP contribution is -2.32. The highest BCUT2D eigenvalue weighted by Gasteiger charge is 2.06. The third-order valence-electron chi connectivity index (χ3n) is 2.26. The molecule has 0 bridgehead atoms. The van der Waals surface area contributed by atoms with Crippen molar-refractivity contribution in [3.05, 3.63) is 30.3 Å². The lowest BCUT2D eigenvalue weighted by molar-refractivity contribution is -0.117. The van der Waals surface area contributed by atoms with Crippen molar-refractivity contribution in [2.24, 2.45) is 0 Å². The van der Waals surface area contributed by atoms with Crippen LogP contribution in [0.1, 0.15) is 13.8 Å². The van der Waals surface area contributed by atoms with Crippen LogP contribution >= 0.6 is 0 Å². The van der Waals surface area contributed by atoms with Crippen molar-refractivity contribution in [2.45, 2.75) is 13.8 Å². The molecule has 15 heavy (non-hydrogen) atoms. The molecular weight excluding hydrogens is 188 g/mol. The Morgan fingerprint density at radius 1 is 1.33 bits per heavy atom. The van der Waals surface area contributed by atoms with E-state index < -0.39 is 0 Å². The van der Waals surface area contributed by atoms with E-state index in [0.717, 1.165) is 18.8 Å². The number of hydrogen-bond acceptors (Lipinski definition) is 2. The molecule has 0 unspecified atom stereocenters. The normalized spacial score (nSPS) is 10.3. The zero-order valence-corrected chi connectivity index (χ0v) is 9.29. The Hall–Kier alpha value is -1.35. The van der Waals surface area contributed by atoms with Gasteiger partial charge >= 0.3 is 0 Å². The van der Waals surface area contributed by atoms with Gasteiger partial charge in [-0.25, -0.2) is 0 Å². The topological polar surface area (TPSA) is 32.3 Å². The maximum Gasteiger partial charge on any atom is 0.238 e. The smallest absolute Gasteiger partial charge is 0.238 e. The first-order valence-corrected chi connectivity index (χ1v) is 5.24. The van der Waals surface area contributed by atoms with Gasteiger partial charge in [0, 0.05) is 5.69 Å². The number of anilines is 1. The maximum atomic E-state index is 11.6. The minimum absolute atomic E-state index is 0.0323. The van der Waals surface area contributed by atoms with E-state index in [1.807, 2.05) is 26.0 Å². The molecule has 0 aliphatic rings. The standard InChI is InChI=1S/C12H17N2O/c1-3-14(4-2)10-12(15)13-11-8-6-5-7-9-11/h6-9H,3-4,10H2,1-2H3,(H,13,15). The summed E-state index contributed by atoms with van der Waals surface area (Å²) in [4.78, 5) is 13.7. The summed E-state index contributed by atoms with van der Waals surface area (Å²) in [6.45, 7) is 6.34. The van der Waals surface area contributed by atoms with E-state index in [9.17, 15) is 4.79 Å². The summed E-state index contributed by atoms with van der Waals surface area (Å²) < 4.78 is 0. The molecule has 1 N–H and O–H groups in total. The summed E-state index contributed by atoms with van der Waals surface area (Å²) in [5.74, 6) is 0.0323. The zero-order valence-electron chi connectivity index (χ0n) is 9.29. The first-order chi connectivity index (χ1) is 7.26. The van der Waals surface area contributed by atoms with Crippen molar-refractivity contribution in [1.82, 2.24) is 4.90 Å². The molecular formula is C12H17N2O. The number of benzene rings is 1. The largest absolute Gasteiger partial charge is 0.325 e. The van der Waals surface area contributed by atoms with Gasteiger partial charge in [0.15, 0.2) is 0 Å². The Morgan fingerprint density at radius 2 is 1.93 bits per heavy atom. The van der Waals surface area contributed by atoms with Gasteiger partial charge in [0.05, 0.1) is 6.54 Å². The van der Waals surface area contributed by atoms with Crippen LogP contribution in [0.25, 0.3) is 0 Å². The van der Waals surface area contributed by atoms with E-state index in [-0.39, 0.29) is 5.91 Å². The molecule has 3 nitrogen and oxygen atoms in total. The molecule has 0 spiro atoms. The lowest BCUT2D eigenvalue weighted by Gasteiger charge is -2.17. The van der Waals surface area contributed by atoms with Crippen molar-refractivity contribution in [2.75, 3.05) is 25.0 Å². The molecule has 0 heterocycles. The number of amides is 1. The minimum atomic E-state index is 0.0323. The van der Waals surface area contributed by atoms with Crippen LogP contribution in [-0.4, -0.2) is 30.4 Å². The van der Waals surface area contributed by atoms with Crippen LogP contribution in [0.5, 0.6) is 0 Å². The van der Waals surface area contributed by atoms with Gasteiger partial charge in [0.2, 0.25) is 5.91 Å². The predicted octanol–water partition coefficient (Wildman–Crippen LogP) is 1.77. The van der Waals surface area contributed by atoms with Crippen LogP contribution < -0.4 is 5.32 Å². The summed E-state index contributed by atoms with van der Waals surface area (Å²) in [6.07, 6.45) is 0. The Labute approximate surface area is 91.1 Å². The highest BCUT2D eigenvalue weighted by atomic mass is 16.2. The van der Waals surface area contributed by atoms with Crippen LogP contribution in [0, 0.1) is 6.07 Å². The Balaban J connectivity index is 2.43. The second kappa shape index (κ2) is 6.19. The first kappa shape index (κ1) is 11.7. The third-order valence-corrected chi connectivity index (χ3v) is 2.26. The minimum Gasteiger partial charge on any atom is -0.325 e. The number of carbonyl (C=O) groups is 1. The van der Waals surface area contributed by atoms with Crippen LogP contribution in [0.15, 0.2) is 24.3 Å². The zero-order chi connectivity index (χ0) is 11.1. The number of carbonyl (C=O) groups excluding carboxylic acids is 1. The van der Waals surface area contributed by atoms with Crippen molar-refractivity contribution in [3.8, 4) is 0 Å². The summed E-state index contributed by atoms with van der Waals surface area (Å²) >= 11 is 0. The molecule has 1 aromatic carbocycles. The number of hydrogen-bond donors (Lipinski definition) is 1. The summed E-state index contributed by atoms with van der Waals surface area (Å²) in [7, 11) is 0. The SMILES string of the molecule is CCN(CC)CC(=O)Nc1cc[c]cc1. The molecule has 0 aliphatic heterocycles. The highest BCUT2D eigenvalue weighted by molar-refractivity contribution is 5.92. The van der Waals surface area contributed by atoms with Gasteiger partial charge in [0.1, 0.15) is 0 Å². The van der Waals surface area contributed by atoms with Gasteiger partial charge in [-0.2, -0.15) is 0 Å². The predicted molar refractivity (Wildman–Crippen MR) is 61.7 cm³/mol. The molecule has 81 valence electrons. The van der Waals surface area contributed by atoms with E-state index >= 15 is 0 Å². The fraction of sp³-hybridized carbons (Fsp3) is 0.417. The van der Waals surface area contributed by atoms with Gasteiger partial charge in [-0.1, -0.05) is 26.0 Å². The highest BCUT2D eigenvalue weighted by Crippen LogP contribution is 2.04. The molecule has 1 rings (SSSR count). The van der Waals surface area contributed by atoms with Gasteiger partial charge in [-0.05, 0) is 31.3 Å². The molecule has 1 radical (unpaired) electrons. The fourth-order valence-corrected chi connectivity index (χ4v) is 1.32. The molecule has 3 heteroatoms. The monoisotopic (exact) mass is 205 g/mol. The van der Waals surface area contributed by atoms with E-state index in [0.29, 0.717) is 6.54 Å². The van der Waals surface area contributed by atoms with E-state index in [2.05, 4.69) is 16.3 Å². The average molecular weight is 205 g/mol.